The lowest BCUT2D eigenvalue weighted by Crippen LogP contribution is -2.43. The van der Waals surface area contributed by atoms with Crippen molar-refractivity contribution in [2.24, 2.45) is 0 Å². The first-order valence-corrected chi connectivity index (χ1v) is 24.7. The van der Waals surface area contributed by atoms with Gasteiger partial charge in [-0.15, -0.1) is 0 Å². The van der Waals surface area contributed by atoms with Crippen LogP contribution in [-0.2, 0) is 32.7 Å². The van der Waals surface area contributed by atoms with E-state index in [1.807, 2.05) is 0 Å². The van der Waals surface area contributed by atoms with Gasteiger partial charge in [-0.05, 0) is 77.0 Å². The second kappa shape index (κ2) is 42.1. The number of allylic oxidation sites excluding steroid dienone is 8. The van der Waals surface area contributed by atoms with Crippen LogP contribution in [0.15, 0.2) is 48.6 Å². The highest BCUT2D eigenvalue weighted by Crippen LogP contribution is 2.43. The topological polar surface area (TPSA) is 169 Å². The Labute approximate surface area is 358 Å². The van der Waals surface area contributed by atoms with Crippen molar-refractivity contribution in [2.45, 2.75) is 212 Å². The second-order valence-electron chi connectivity index (χ2n) is 15.6. The molecule has 0 aliphatic heterocycles. The maximum atomic E-state index is 12.3. The number of rotatable bonds is 43. The lowest BCUT2D eigenvalue weighted by Gasteiger charge is -2.18. The fourth-order valence-corrected chi connectivity index (χ4v) is 6.97. The number of amides is 1. The quantitative estimate of drug-likeness (QED) is 0.0200. The van der Waals surface area contributed by atoms with Crippen molar-refractivity contribution in [1.82, 2.24) is 5.32 Å². The first-order valence-electron chi connectivity index (χ1n) is 23.2. The summed E-state index contributed by atoms with van der Waals surface area (Å²) in [5, 5.41) is 21.9. The van der Waals surface area contributed by atoms with Gasteiger partial charge in [0.1, 0.15) is 12.7 Å². The van der Waals surface area contributed by atoms with Crippen molar-refractivity contribution in [3.8, 4) is 0 Å². The Morgan fingerprint density at radius 3 is 1.41 bits per heavy atom. The molecule has 0 rings (SSSR count). The van der Waals surface area contributed by atoms with Crippen LogP contribution in [0.5, 0.6) is 0 Å². The fourth-order valence-electron chi connectivity index (χ4n) is 6.20. The number of hydrogen-bond acceptors (Lipinski definition) is 8. The van der Waals surface area contributed by atoms with Crippen LogP contribution < -0.4 is 5.32 Å². The Kier molecular flexibility index (Phi) is 40.3. The van der Waals surface area contributed by atoms with E-state index in [1.165, 1.54) is 83.5 Å². The molecule has 0 aromatic heterocycles. The first kappa shape index (κ1) is 56.4. The van der Waals surface area contributed by atoms with Crippen molar-refractivity contribution in [1.29, 1.82) is 0 Å². The van der Waals surface area contributed by atoms with Gasteiger partial charge >= 0.3 is 19.8 Å². The predicted octanol–water partition coefficient (Wildman–Crippen LogP) is 12.2. The van der Waals surface area contributed by atoms with E-state index in [1.54, 1.807) is 0 Å². The van der Waals surface area contributed by atoms with E-state index < -0.39 is 57.6 Å². The molecule has 0 aromatic rings. The van der Waals surface area contributed by atoms with Crippen LogP contribution in [0.4, 0.5) is 0 Å². The number of carboxylic acid groups (broad SMARTS) is 1. The van der Waals surface area contributed by atoms with E-state index in [2.05, 4.69) is 67.8 Å². The van der Waals surface area contributed by atoms with Crippen molar-refractivity contribution in [3.05, 3.63) is 48.6 Å². The molecule has 0 bridgehead atoms. The summed E-state index contributed by atoms with van der Waals surface area (Å²) in [6.45, 7) is 2.54. The van der Waals surface area contributed by atoms with Crippen molar-refractivity contribution in [3.63, 3.8) is 0 Å². The van der Waals surface area contributed by atoms with Gasteiger partial charge in [0, 0.05) is 12.8 Å². The highest BCUT2D eigenvalue weighted by molar-refractivity contribution is 7.47. The van der Waals surface area contributed by atoms with Gasteiger partial charge in [0.05, 0.1) is 13.2 Å². The standard InChI is InChI=1S/C47H84NO10P/c1-3-5-7-9-11-13-15-17-19-21-22-23-24-26-28-30-32-34-36-38-45(50)48-44(47(52)53)42-58-59(54,55)57-41-43(49)40-56-46(51)39-37-35-33-31-29-27-25-20-18-16-14-12-10-8-6-4-2/h11,13-14,16-17,19-20,25,43-44,49H,3-10,12,15,18,21-24,26-42H2,1-2H3,(H,48,50)(H,52,53)(H,54,55)/b13-11-,16-14-,19-17-,25-20-. The second-order valence-corrected chi connectivity index (χ2v) is 17.0. The zero-order chi connectivity index (χ0) is 43.5. The van der Waals surface area contributed by atoms with E-state index in [4.69, 9.17) is 13.8 Å². The molecule has 0 heterocycles. The van der Waals surface area contributed by atoms with Crippen molar-refractivity contribution in [2.75, 3.05) is 19.8 Å². The van der Waals surface area contributed by atoms with Crippen LogP contribution in [0.3, 0.4) is 0 Å². The van der Waals surface area contributed by atoms with Crippen molar-refractivity contribution >= 4 is 25.7 Å². The number of carbonyl (C=O) groups is 3. The average Bonchev–Trinajstić information content (AvgIpc) is 3.21. The molecule has 342 valence electrons. The maximum Gasteiger partial charge on any atom is 0.472 e. The number of hydrogen-bond donors (Lipinski definition) is 4. The van der Waals surface area contributed by atoms with Crippen LogP contribution in [0.1, 0.15) is 200 Å². The van der Waals surface area contributed by atoms with Gasteiger partial charge in [-0.1, -0.05) is 159 Å². The highest BCUT2D eigenvalue weighted by atomic mass is 31.2. The molecule has 59 heavy (non-hydrogen) atoms. The zero-order valence-electron chi connectivity index (χ0n) is 37.0. The minimum absolute atomic E-state index is 0.139. The van der Waals surface area contributed by atoms with Crippen molar-refractivity contribution < 1.29 is 47.8 Å². The number of carbonyl (C=O) groups excluding carboxylic acids is 2. The molecular weight excluding hydrogens is 769 g/mol. The summed E-state index contributed by atoms with van der Waals surface area (Å²) in [5.74, 6) is -2.39. The van der Waals surface area contributed by atoms with Gasteiger partial charge in [0.25, 0.3) is 0 Å². The molecule has 1 amide bonds. The Balaban J connectivity index is 3.91. The van der Waals surface area contributed by atoms with Gasteiger partial charge in [0.15, 0.2) is 6.04 Å². The third-order valence-corrected chi connectivity index (χ3v) is 10.8. The van der Waals surface area contributed by atoms with Gasteiger partial charge in [-0.25, -0.2) is 9.36 Å². The number of carboxylic acids is 1. The summed E-state index contributed by atoms with van der Waals surface area (Å²) in [4.78, 5) is 46.0. The number of phosphoric acid groups is 1. The van der Waals surface area contributed by atoms with E-state index >= 15 is 0 Å². The van der Waals surface area contributed by atoms with Gasteiger partial charge in [-0.2, -0.15) is 0 Å². The lowest BCUT2D eigenvalue weighted by atomic mass is 10.1. The zero-order valence-corrected chi connectivity index (χ0v) is 37.9. The summed E-state index contributed by atoms with van der Waals surface area (Å²) in [6.07, 6.45) is 46.9. The summed E-state index contributed by atoms with van der Waals surface area (Å²) >= 11 is 0. The maximum absolute atomic E-state index is 12.3. The Hall–Kier alpha value is -2.56. The number of aliphatic carboxylic acids is 1. The third-order valence-electron chi connectivity index (χ3n) is 9.84. The lowest BCUT2D eigenvalue weighted by molar-refractivity contribution is -0.147. The van der Waals surface area contributed by atoms with Crippen LogP contribution >= 0.6 is 7.82 Å². The predicted molar refractivity (Wildman–Crippen MR) is 240 cm³/mol. The molecule has 0 radical (unpaired) electrons. The van der Waals surface area contributed by atoms with E-state index in [-0.39, 0.29) is 12.8 Å². The highest BCUT2D eigenvalue weighted by Gasteiger charge is 2.28. The Bertz CT molecular complexity index is 1190. The molecule has 0 aromatic carbocycles. The SMILES string of the molecule is CCCCC/C=C\C/C=C\CCCCCCCCCCCC(=O)NC(COP(=O)(O)OCC(O)COC(=O)CCCCCCC/C=C\C/C=C\CCCCCC)C(=O)O. The van der Waals surface area contributed by atoms with Crippen LogP contribution in [-0.4, -0.2) is 64.9 Å². The summed E-state index contributed by atoms with van der Waals surface area (Å²) < 4.78 is 26.9. The monoisotopic (exact) mass is 854 g/mol. The number of aliphatic hydroxyl groups excluding tert-OH is 1. The Morgan fingerprint density at radius 2 is 0.932 bits per heavy atom. The first-order chi connectivity index (χ1) is 28.6. The van der Waals surface area contributed by atoms with E-state index in [0.29, 0.717) is 12.8 Å². The number of aliphatic hydroxyl groups is 1. The molecule has 0 aliphatic rings. The molecule has 0 saturated heterocycles. The van der Waals surface area contributed by atoms with E-state index in [0.717, 1.165) is 77.0 Å². The molecule has 3 unspecified atom stereocenters. The minimum Gasteiger partial charge on any atom is -0.480 e. The van der Waals surface area contributed by atoms with Crippen LogP contribution in [0, 0.1) is 0 Å². The molecule has 3 atom stereocenters. The number of esters is 1. The fraction of sp³-hybridized carbons (Fsp3) is 0.766. The Morgan fingerprint density at radius 1 is 0.542 bits per heavy atom. The molecule has 11 nitrogen and oxygen atoms in total. The third kappa shape index (κ3) is 41.9. The van der Waals surface area contributed by atoms with Crippen LogP contribution in [0.25, 0.3) is 0 Å². The van der Waals surface area contributed by atoms with Gasteiger partial charge in [0.2, 0.25) is 5.91 Å². The smallest absolute Gasteiger partial charge is 0.472 e. The summed E-state index contributed by atoms with van der Waals surface area (Å²) in [5.41, 5.74) is 0. The molecule has 0 fully saturated rings. The van der Waals surface area contributed by atoms with Gasteiger partial charge in [-0.3, -0.25) is 18.6 Å². The average molecular weight is 854 g/mol. The molecule has 0 aliphatic carbocycles. The molecule has 12 heteroatoms. The minimum atomic E-state index is -4.76. The summed E-state index contributed by atoms with van der Waals surface area (Å²) in [7, 11) is -4.76. The number of unbranched alkanes of at least 4 members (excludes halogenated alkanes) is 21. The molecule has 0 saturated carbocycles. The van der Waals surface area contributed by atoms with E-state index in [9.17, 15) is 34.1 Å². The largest absolute Gasteiger partial charge is 0.480 e. The molecule has 4 N–H and O–H groups in total. The molecular formula is C47H84NO10P. The number of nitrogens with one attached hydrogen (secondary N) is 1. The number of phosphoric ester groups is 1. The summed E-state index contributed by atoms with van der Waals surface area (Å²) in [6, 6.07) is -1.55. The van der Waals surface area contributed by atoms with Crippen LogP contribution in [0.2, 0.25) is 0 Å². The number of ether oxygens (including phenoxy) is 1. The molecule has 0 spiro atoms. The normalized spacial score (nSPS) is 14.1. The van der Waals surface area contributed by atoms with Gasteiger partial charge < -0.3 is 25.2 Å².